The molecule has 7 heteroatoms. The molecule has 3 N–H and O–H groups in total. The molecule has 0 aliphatic heterocycles. The van der Waals surface area contributed by atoms with Gasteiger partial charge >= 0.3 is 0 Å². The number of hydrogen-bond donors (Lipinski definition) is 2. The van der Waals surface area contributed by atoms with Gasteiger partial charge in [-0.1, -0.05) is 26.7 Å². The van der Waals surface area contributed by atoms with E-state index in [1.165, 1.54) is 17.1 Å². The molecule has 1 unspecified atom stereocenters. The molecule has 1 rings (SSSR count). The normalized spacial score (nSPS) is 13.8. The molecular formula is C13H26N4O2S. The van der Waals surface area contributed by atoms with Gasteiger partial charge in [-0.25, -0.2) is 13.1 Å². The lowest BCUT2D eigenvalue weighted by atomic mass is 10.0. The molecule has 0 aromatic carbocycles. The first-order valence-electron chi connectivity index (χ1n) is 7.10. The summed E-state index contributed by atoms with van der Waals surface area (Å²) in [6.07, 6.45) is 5.84. The Hall–Kier alpha value is -0.920. The molecule has 0 saturated carbocycles. The first-order valence-corrected chi connectivity index (χ1v) is 8.58. The quantitative estimate of drug-likeness (QED) is 0.720. The highest BCUT2D eigenvalue weighted by Gasteiger charge is 2.19. The second-order valence-corrected chi connectivity index (χ2v) is 7.29. The second-order valence-electron chi connectivity index (χ2n) is 5.57. The van der Waals surface area contributed by atoms with E-state index in [2.05, 4.69) is 23.7 Å². The molecule has 0 fully saturated rings. The molecule has 1 heterocycles. The van der Waals surface area contributed by atoms with Crippen LogP contribution < -0.4 is 10.5 Å². The Balaban J connectivity index is 2.55. The lowest BCUT2D eigenvalue weighted by Crippen LogP contribution is -2.32. The van der Waals surface area contributed by atoms with Gasteiger partial charge in [0.15, 0.2) is 0 Å². The van der Waals surface area contributed by atoms with Crippen molar-refractivity contribution in [1.29, 1.82) is 0 Å². The van der Waals surface area contributed by atoms with Crippen LogP contribution in [0.25, 0.3) is 0 Å². The number of aromatic nitrogens is 2. The first kappa shape index (κ1) is 17.1. The summed E-state index contributed by atoms with van der Waals surface area (Å²) in [5.41, 5.74) is 5.41. The van der Waals surface area contributed by atoms with E-state index in [1.54, 1.807) is 0 Å². The van der Waals surface area contributed by atoms with Crippen molar-refractivity contribution in [2.75, 3.05) is 6.54 Å². The third kappa shape index (κ3) is 5.60. The van der Waals surface area contributed by atoms with E-state index in [0.717, 1.165) is 19.3 Å². The molecule has 20 heavy (non-hydrogen) atoms. The SMILES string of the molecule is CC(C)CCCC(C)NS(=O)(=O)c1cnn(CCN)c1. The van der Waals surface area contributed by atoms with Crippen molar-refractivity contribution < 1.29 is 8.42 Å². The van der Waals surface area contributed by atoms with Crippen LogP contribution in [0.5, 0.6) is 0 Å². The smallest absolute Gasteiger partial charge is 0.243 e. The first-order chi connectivity index (χ1) is 9.35. The predicted molar refractivity (Wildman–Crippen MR) is 79.8 cm³/mol. The maximum Gasteiger partial charge on any atom is 0.243 e. The van der Waals surface area contributed by atoms with Gasteiger partial charge in [-0.3, -0.25) is 4.68 Å². The Labute approximate surface area is 121 Å². The van der Waals surface area contributed by atoms with Crippen LogP contribution in [-0.4, -0.2) is 30.8 Å². The fraction of sp³-hybridized carbons (Fsp3) is 0.769. The molecule has 116 valence electrons. The van der Waals surface area contributed by atoms with Gasteiger partial charge in [0.05, 0.1) is 12.7 Å². The number of nitrogens with two attached hydrogens (primary N) is 1. The lowest BCUT2D eigenvalue weighted by Gasteiger charge is -2.13. The van der Waals surface area contributed by atoms with Gasteiger partial charge in [0.1, 0.15) is 4.90 Å². The van der Waals surface area contributed by atoms with E-state index in [4.69, 9.17) is 5.73 Å². The average molecular weight is 302 g/mol. The highest BCUT2D eigenvalue weighted by atomic mass is 32.2. The van der Waals surface area contributed by atoms with Crippen molar-refractivity contribution in [3.63, 3.8) is 0 Å². The second kappa shape index (κ2) is 7.75. The maximum absolute atomic E-state index is 12.2. The van der Waals surface area contributed by atoms with E-state index in [-0.39, 0.29) is 10.9 Å². The van der Waals surface area contributed by atoms with Crippen LogP contribution >= 0.6 is 0 Å². The summed E-state index contributed by atoms with van der Waals surface area (Å²) in [6, 6.07) is -0.0726. The fourth-order valence-corrected chi connectivity index (χ4v) is 3.19. The molecule has 6 nitrogen and oxygen atoms in total. The Morgan fingerprint density at radius 3 is 2.65 bits per heavy atom. The van der Waals surface area contributed by atoms with Gasteiger partial charge in [0, 0.05) is 18.8 Å². The minimum atomic E-state index is -3.48. The van der Waals surface area contributed by atoms with Crippen molar-refractivity contribution in [3.8, 4) is 0 Å². The van der Waals surface area contributed by atoms with Gasteiger partial charge < -0.3 is 5.73 Å². The summed E-state index contributed by atoms with van der Waals surface area (Å²) < 4.78 is 28.6. The minimum Gasteiger partial charge on any atom is -0.329 e. The summed E-state index contributed by atoms with van der Waals surface area (Å²) in [6.45, 7) is 7.17. The van der Waals surface area contributed by atoms with Crippen LogP contribution in [0.15, 0.2) is 17.3 Å². The summed E-state index contributed by atoms with van der Waals surface area (Å²) in [7, 11) is -3.48. The van der Waals surface area contributed by atoms with E-state index >= 15 is 0 Å². The Morgan fingerprint density at radius 2 is 2.05 bits per heavy atom. The van der Waals surface area contributed by atoms with E-state index in [0.29, 0.717) is 19.0 Å². The van der Waals surface area contributed by atoms with Crippen LogP contribution in [-0.2, 0) is 16.6 Å². The average Bonchev–Trinajstić information content (AvgIpc) is 2.77. The summed E-state index contributed by atoms with van der Waals surface area (Å²) in [5, 5.41) is 3.98. The molecule has 0 spiro atoms. The topological polar surface area (TPSA) is 90.0 Å². The van der Waals surface area contributed by atoms with Crippen molar-refractivity contribution >= 4 is 10.0 Å². The molecule has 0 aliphatic carbocycles. The van der Waals surface area contributed by atoms with Crippen LogP contribution in [0.1, 0.15) is 40.0 Å². The largest absolute Gasteiger partial charge is 0.329 e. The Bertz CT molecular complexity index is 496. The van der Waals surface area contributed by atoms with Gasteiger partial charge in [-0.2, -0.15) is 5.10 Å². The Kier molecular flexibility index (Phi) is 6.64. The van der Waals surface area contributed by atoms with Crippen molar-refractivity contribution in [2.24, 2.45) is 11.7 Å². The van der Waals surface area contributed by atoms with Crippen molar-refractivity contribution in [3.05, 3.63) is 12.4 Å². The number of nitrogens with zero attached hydrogens (tertiary/aromatic N) is 2. The molecule has 0 amide bonds. The number of sulfonamides is 1. The molecule has 0 bridgehead atoms. The zero-order valence-corrected chi connectivity index (χ0v) is 13.4. The van der Waals surface area contributed by atoms with Crippen LogP contribution in [0.4, 0.5) is 0 Å². The van der Waals surface area contributed by atoms with Crippen LogP contribution in [0.3, 0.4) is 0 Å². The summed E-state index contributed by atoms with van der Waals surface area (Å²) in [4.78, 5) is 0.196. The lowest BCUT2D eigenvalue weighted by molar-refractivity contribution is 0.488. The summed E-state index contributed by atoms with van der Waals surface area (Å²) >= 11 is 0. The van der Waals surface area contributed by atoms with Gasteiger partial charge in [0.2, 0.25) is 10.0 Å². The molecule has 0 aliphatic rings. The molecule has 0 saturated heterocycles. The number of hydrogen-bond acceptors (Lipinski definition) is 4. The fourth-order valence-electron chi connectivity index (χ4n) is 1.96. The van der Waals surface area contributed by atoms with Gasteiger partial charge in [-0.05, 0) is 19.3 Å². The third-order valence-electron chi connectivity index (χ3n) is 3.05. The zero-order chi connectivity index (χ0) is 15.2. The number of rotatable bonds is 9. The monoisotopic (exact) mass is 302 g/mol. The molecular weight excluding hydrogens is 276 g/mol. The standard InChI is InChI=1S/C13H26N4O2S/c1-11(2)5-4-6-12(3)16-20(18,19)13-9-15-17(10-13)8-7-14/h9-12,16H,4-8,14H2,1-3H3. The van der Waals surface area contributed by atoms with Crippen molar-refractivity contribution in [1.82, 2.24) is 14.5 Å². The predicted octanol–water partition coefficient (Wildman–Crippen LogP) is 1.33. The highest BCUT2D eigenvalue weighted by molar-refractivity contribution is 7.89. The molecule has 1 aromatic heterocycles. The molecule has 1 aromatic rings. The highest BCUT2D eigenvalue weighted by Crippen LogP contribution is 2.12. The Morgan fingerprint density at radius 1 is 1.35 bits per heavy atom. The van der Waals surface area contributed by atoms with Gasteiger partial charge in [-0.15, -0.1) is 0 Å². The van der Waals surface area contributed by atoms with Crippen LogP contribution in [0, 0.1) is 5.92 Å². The molecule has 1 atom stereocenters. The van der Waals surface area contributed by atoms with E-state index in [9.17, 15) is 8.42 Å². The third-order valence-corrected chi connectivity index (χ3v) is 4.60. The van der Waals surface area contributed by atoms with Gasteiger partial charge in [0.25, 0.3) is 0 Å². The minimum absolute atomic E-state index is 0.0726. The molecule has 0 radical (unpaired) electrons. The van der Waals surface area contributed by atoms with Crippen molar-refractivity contribution in [2.45, 2.75) is 57.5 Å². The number of nitrogens with one attached hydrogen (secondary N) is 1. The summed E-state index contributed by atoms with van der Waals surface area (Å²) in [5.74, 6) is 0.647. The zero-order valence-electron chi connectivity index (χ0n) is 12.5. The van der Waals surface area contributed by atoms with Crippen LogP contribution in [0.2, 0.25) is 0 Å². The maximum atomic E-state index is 12.2. The van der Waals surface area contributed by atoms with E-state index in [1.807, 2.05) is 6.92 Å². The van der Waals surface area contributed by atoms with E-state index < -0.39 is 10.0 Å².